The highest BCUT2D eigenvalue weighted by molar-refractivity contribution is 6.37. The van der Waals surface area contributed by atoms with E-state index >= 15 is 0 Å². The fraction of sp³-hybridized carbons (Fsp3) is 0.250. The summed E-state index contributed by atoms with van der Waals surface area (Å²) in [5.74, 6) is 0.245. The predicted molar refractivity (Wildman–Crippen MR) is 68.1 cm³/mol. The Hall–Kier alpha value is -1.20. The second-order valence-corrected chi connectivity index (χ2v) is 4.69. The van der Waals surface area contributed by atoms with Crippen LogP contribution in [0, 0.1) is 6.92 Å². The van der Waals surface area contributed by atoms with E-state index in [0.717, 1.165) is 0 Å². The summed E-state index contributed by atoms with van der Waals surface area (Å²) in [6.45, 7) is 1.27. The molecule has 102 valence electrons. The molecule has 19 heavy (non-hydrogen) atoms. The SMILES string of the molecule is COc1cc2nc(C(F)(F)F)c(C)c(Cl)c2cc1Cl. The van der Waals surface area contributed by atoms with Crippen LogP contribution >= 0.6 is 23.2 Å². The molecule has 2 rings (SSSR count). The van der Waals surface area contributed by atoms with E-state index in [0.29, 0.717) is 5.39 Å². The number of halogens is 5. The van der Waals surface area contributed by atoms with Crippen molar-refractivity contribution in [2.75, 3.05) is 7.11 Å². The average Bonchev–Trinajstić information content (AvgIpc) is 2.32. The van der Waals surface area contributed by atoms with Gasteiger partial charge in [0.15, 0.2) is 0 Å². The minimum atomic E-state index is -4.56. The molecule has 0 unspecified atom stereocenters. The maximum absolute atomic E-state index is 12.8. The van der Waals surface area contributed by atoms with Crippen LogP contribution in [0.25, 0.3) is 10.9 Å². The van der Waals surface area contributed by atoms with E-state index in [1.807, 2.05) is 0 Å². The van der Waals surface area contributed by atoms with Gasteiger partial charge >= 0.3 is 6.18 Å². The fourth-order valence-corrected chi connectivity index (χ4v) is 2.24. The number of ether oxygens (including phenoxy) is 1. The van der Waals surface area contributed by atoms with Gasteiger partial charge in [0, 0.05) is 11.5 Å². The number of benzene rings is 1. The van der Waals surface area contributed by atoms with Crippen molar-refractivity contribution in [3.05, 3.63) is 33.4 Å². The Kier molecular flexibility index (Phi) is 3.53. The summed E-state index contributed by atoms with van der Waals surface area (Å²) in [6, 6.07) is 2.77. The Morgan fingerprint density at radius 1 is 1.21 bits per heavy atom. The van der Waals surface area contributed by atoms with Gasteiger partial charge in [-0.1, -0.05) is 23.2 Å². The molecule has 0 bridgehead atoms. The summed E-state index contributed by atoms with van der Waals surface area (Å²) in [5.41, 5.74) is -1.04. The highest BCUT2D eigenvalue weighted by atomic mass is 35.5. The first kappa shape index (κ1) is 14.2. The van der Waals surface area contributed by atoms with Crippen LogP contribution < -0.4 is 4.74 Å². The number of fused-ring (bicyclic) bond motifs is 1. The van der Waals surface area contributed by atoms with Gasteiger partial charge < -0.3 is 4.74 Å². The van der Waals surface area contributed by atoms with Gasteiger partial charge in [0.05, 0.1) is 22.7 Å². The maximum atomic E-state index is 12.8. The molecule has 7 heteroatoms. The van der Waals surface area contributed by atoms with Gasteiger partial charge in [0.25, 0.3) is 0 Å². The molecule has 0 N–H and O–H groups in total. The van der Waals surface area contributed by atoms with E-state index in [-0.39, 0.29) is 26.9 Å². The molecule has 0 spiro atoms. The molecule has 0 saturated heterocycles. The lowest BCUT2D eigenvalue weighted by molar-refractivity contribution is -0.141. The largest absolute Gasteiger partial charge is 0.495 e. The molecule has 0 fully saturated rings. The molecule has 0 aliphatic rings. The molecule has 0 saturated carbocycles. The zero-order valence-corrected chi connectivity index (χ0v) is 11.4. The van der Waals surface area contributed by atoms with Gasteiger partial charge in [-0.15, -0.1) is 0 Å². The summed E-state index contributed by atoms with van der Waals surface area (Å²) >= 11 is 11.9. The lowest BCUT2D eigenvalue weighted by Gasteiger charge is -2.13. The van der Waals surface area contributed by atoms with Gasteiger partial charge in [0.1, 0.15) is 11.4 Å². The molecule has 0 aliphatic heterocycles. The summed E-state index contributed by atoms with van der Waals surface area (Å²) in [7, 11) is 1.37. The zero-order valence-electron chi connectivity index (χ0n) is 9.90. The van der Waals surface area contributed by atoms with E-state index in [1.54, 1.807) is 0 Å². The van der Waals surface area contributed by atoms with Crippen molar-refractivity contribution >= 4 is 34.1 Å². The van der Waals surface area contributed by atoms with Crippen molar-refractivity contribution in [2.24, 2.45) is 0 Å². The molecule has 0 radical (unpaired) electrons. The Labute approximate surface area is 117 Å². The molecule has 1 heterocycles. The van der Waals surface area contributed by atoms with Crippen LogP contribution in [0.3, 0.4) is 0 Å². The smallest absolute Gasteiger partial charge is 0.433 e. The maximum Gasteiger partial charge on any atom is 0.433 e. The lowest BCUT2D eigenvalue weighted by atomic mass is 10.1. The molecule has 2 nitrogen and oxygen atoms in total. The van der Waals surface area contributed by atoms with Crippen LogP contribution in [0.5, 0.6) is 5.75 Å². The van der Waals surface area contributed by atoms with E-state index in [9.17, 15) is 13.2 Å². The standard InChI is InChI=1S/C12H8Cl2F3NO/c1-5-10(14)6-3-7(13)9(19-2)4-8(6)18-11(5)12(15,16)17/h3-4H,1-2H3. The first-order chi connectivity index (χ1) is 8.75. The van der Waals surface area contributed by atoms with Crippen LogP contribution in [0.4, 0.5) is 13.2 Å². The summed E-state index contributed by atoms with van der Waals surface area (Å²) < 4.78 is 43.5. The normalized spacial score (nSPS) is 11.9. The third kappa shape index (κ3) is 2.44. The van der Waals surface area contributed by atoms with E-state index in [4.69, 9.17) is 27.9 Å². The number of pyridine rings is 1. The molecule has 1 aromatic heterocycles. The predicted octanol–water partition coefficient (Wildman–Crippen LogP) is 4.88. The second kappa shape index (κ2) is 4.72. The van der Waals surface area contributed by atoms with Crippen LogP contribution in [0.1, 0.15) is 11.3 Å². The highest BCUT2D eigenvalue weighted by Crippen LogP contribution is 2.39. The molecule has 2 aromatic rings. The van der Waals surface area contributed by atoms with E-state index in [2.05, 4.69) is 4.98 Å². The Morgan fingerprint density at radius 3 is 2.37 bits per heavy atom. The van der Waals surface area contributed by atoms with Crippen molar-refractivity contribution in [2.45, 2.75) is 13.1 Å². The van der Waals surface area contributed by atoms with Gasteiger partial charge in [-0.2, -0.15) is 13.2 Å². The van der Waals surface area contributed by atoms with Crippen molar-refractivity contribution in [1.82, 2.24) is 4.98 Å². The van der Waals surface area contributed by atoms with Gasteiger partial charge in [-0.25, -0.2) is 4.98 Å². The van der Waals surface area contributed by atoms with E-state index in [1.165, 1.54) is 26.2 Å². The quantitative estimate of drug-likeness (QED) is 0.749. The van der Waals surface area contributed by atoms with Gasteiger partial charge in [0.2, 0.25) is 0 Å². The highest BCUT2D eigenvalue weighted by Gasteiger charge is 2.36. The monoisotopic (exact) mass is 309 g/mol. The first-order valence-electron chi connectivity index (χ1n) is 5.16. The average molecular weight is 310 g/mol. The van der Waals surface area contributed by atoms with Gasteiger partial charge in [-0.3, -0.25) is 0 Å². The molecule has 0 aliphatic carbocycles. The topological polar surface area (TPSA) is 22.1 Å². The number of methoxy groups -OCH3 is 1. The molecular formula is C12H8Cl2F3NO. The van der Waals surface area contributed by atoms with Crippen LogP contribution in [0.15, 0.2) is 12.1 Å². The summed E-state index contributed by atoms with van der Waals surface area (Å²) in [5, 5.41) is 0.609. The number of nitrogens with zero attached hydrogens (tertiary/aromatic N) is 1. The lowest BCUT2D eigenvalue weighted by Crippen LogP contribution is -2.11. The van der Waals surface area contributed by atoms with Crippen molar-refractivity contribution in [3.63, 3.8) is 0 Å². The number of alkyl halides is 3. The molecule has 0 atom stereocenters. The molecule has 0 amide bonds. The minimum absolute atomic E-state index is 0.0121. The van der Waals surface area contributed by atoms with Crippen LogP contribution in [-0.2, 0) is 6.18 Å². The third-order valence-corrected chi connectivity index (χ3v) is 3.47. The summed E-state index contributed by atoms with van der Waals surface area (Å²) in [6.07, 6.45) is -4.56. The Balaban J connectivity index is 2.85. The number of rotatable bonds is 1. The van der Waals surface area contributed by atoms with Crippen molar-refractivity contribution in [1.29, 1.82) is 0 Å². The molecule has 1 aromatic carbocycles. The van der Waals surface area contributed by atoms with Crippen molar-refractivity contribution < 1.29 is 17.9 Å². The van der Waals surface area contributed by atoms with Crippen LogP contribution in [-0.4, -0.2) is 12.1 Å². The zero-order chi connectivity index (χ0) is 14.4. The van der Waals surface area contributed by atoms with E-state index < -0.39 is 11.9 Å². The Bertz CT molecular complexity index is 656. The van der Waals surface area contributed by atoms with Crippen molar-refractivity contribution in [3.8, 4) is 5.75 Å². The fourth-order valence-electron chi connectivity index (χ4n) is 1.75. The van der Waals surface area contributed by atoms with Crippen LogP contribution in [0.2, 0.25) is 10.0 Å². The number of hydrogen-bond donors (Lipinski definition) is 0. The molecular weight excluding hydrogens is 302 g/mol. The number of aromatic nitrogens is 1. The first-order valence-corrected chi connectivity index (χ1v) is 5.92. The second-order valence-electron chi connectivity index (χ2n) is 3.90. The third-order valence-electron chi connectivity index (χ3n) is 2.69. The number of hydrogen-bond acceptors (Lipinski definition) is 2. The minimum Gasteiger partial charge on any atom is -0.495 e. The Morgan fingerprint density at radius 2 is 1.84 bits per heavy atom. The summed E-state index contributed by atoms with van der Waals surface area (Å²) in [4.78, 5) is 3.61. The van der Waals surface area contributed by atoms with Gasteiger partial charge in [-0.05, 0) is 18.6 Å².